The summed E-state index contributed by atoms with van der Waals surface area (Å²) in [7, 11) is 0. The van der Waals surface area contributed by atoms with Gasteiger partial charge in [0.25, 0.3) is 5.91 Å². The summed E-state index contributed by atoms with van der Waals surface area (Å²) in [4.78, 5) is 11.1. The molecule has 0 saturated carbocycles. The quantitative estimate of drug-likeness (QED) is 0.700. The standard InChI is InChI=1S/C8H6BrNO2/c9-5-3-1-2-4-6(5)8(12)10-7(4)11/h1-3,8,12H,(H,10,11). The topological polar surface area (TPSA) is 49.3 Å². The molecule has 1 unspecified atom stereocenters. The Morgan fingerprint density at radius 3 is 2.92 bits per heavy atom. The fourth-order valence-corrected chi connectivity index (χ4v) is 1.87. The third-order valence-electron chi connectivity index (χ3n) is 1.84. The van der Waals surface area contributed by atoms with Gasteiger partial charge in [-0.2, -0.15) is 0 Å². The molecule has 1 amide bonds. The largest absolute Gasteiger partial charge is 0.369 e. The summed E-state index contributed by atoms with van der Waals surface area (Å²) in [5.41, 5.74) is 1.17. The summed E-state index contributed by atoms with van der Waals surface area (Å²) < 4.78 is 0.755. The maximum absolute atomic E-state index is 11.1. The van der Waals surface area contributed by atoms with Crippen LogP contribution >= 0.6 is 15.9 Å². The number of carbonyl (C=O) groups excluding carboxylic acids is 1. The van der Waals surface area contributed by atoms with Gasteiger partial charge in [-0.15, -0.1) is 0 Å². The molecule has 62 valence electrons. The molecule has 4 heteroatoms. The predicted octanol–water partition coefficient (Wildman–Crippen LogP) is 1.18. The van der Waals surface area contributed by atoms with Crippen molar-refractivity contribution in [3.8, 4) is 0 Å². The molecule has 0 fully saturated rings. The zero-order valence-electron chi connectivity index (χ0n) is 6.04. The molecule has 12 heavy (non-hydrogen) atoms. The SMILES string of the molecule is O=C1NC(O)c2c(Br)cccc21. The number of amides is 1. The number of rotatable bonds is 0. The Morgan fingerprint density at radius 1 is 1.50 bits per heavy atom. The first kappa shape index (κ1) is 7.76. The van der Waals surface area contributed by atoms with Gasteiger partial charge in [-0.3, -0.25) is 4.79 Å². The van der Waals surface area contributed by atoms with Crippen molar-refractivity contribution < 1.29 is 9.90 Å². The van der Waals surface area contributed by atoms with Crippen LogP contribution in [0.5, 0.6) is 0 Å². The average Bonchev–Trinajstić information content (AvgIpc) is 2.29. The average molecular weight is 228 g/mol. The van der Waals surface area contributed by atoms with Crippen molar-refractivity contribution in [1.82, 2.24) is 5.32 Å². The summed E-state index contributed by atoms with van der Waals surface area (Å²) in [6.07, 6.45) is -0.872. The fraction of sp³-hybridized carbons (Fsp3) is 0.125. The first-order chi connectivity index (χ1) is 5.70. The van der Waals surface area contributed by atoms with E-state index in [0.717, 1.165) is 4.47 Å². The number of halogens is 1. The molecule has 0 saturated heterocycles. The highest BCUT2D eigenvalue weighted by Crippen LogP contribution is 2.30. The van der Waals surface area contributed by atoms with Crippen LogP contribution in [0.1, 0.15) is 22.1 Å². The monoisotopic (exact) mass is 227 g/mol. The number of fused-ring (bicyclic) bond motifs is 1. The van der Waals surface area contributed by atoms with Crippen LogP contribution in [0.15, 0.2) is 22.7 Å². The van der Waals surface area contributed by atoms with E-state index in [1.165, 1.54) is 0 Å². The lowest BCUT2D eigenvalue weighted by atomic mass is 10.1. The Bertz CT molecular complexity index is 351. The number of hydrogen-bond acceptors (Lipinski definition) is 2. The first-order valence-electron chi connectivity index (χ1n) is 3.47. The minimum absolute atomic E-state index is 0.223. The van der Waals surface area contributed by atoms with Crippen molar-refractivity contribution in [2.24, 2.45) is 0 Å². The van der Waals surface area contributed by atoms with Gasteiger partial charge in [0.1, 0.15) is 0 Å². The molecule has 0 aliphatic carbocycles. The second kappa shape index (κ2) is 2.57. The number of aliphatic hydroxyl groups is 1. The molecule has 1 aromatic carbocycles. The van der Waals surface area contributed by atoms with Gasteiger partial charge in [0, 0.05) is 15.6 Å². The van der Waals surface area contributed by atoms with Crippen LogP contribution in [0.3, 0.4) is 0 Å². The van der Waals surface area contributed by atoms with E-state index < -0.39 is 6.23 Å². The minimum Gasteiger partial charge on any atom is -0.369 e. The maximum atomic E-state index is 11.1. The van der Waals surface area contributed by atoms with Gasteiger partial charge in [0.2, 0.25) is 0 Å². The van der Waals surface area contributed by atoms with Gasteiger partial charge in [-0.25, -0.2) is 0 Å². The minimum atomic E-state index is -0.872. The lowest BCUT2D eigenvalue weighted by molar-refractivity contribution is 0.0850. The summed E-state index contributed by atoms with van der Waals surface area (Å²) in [6.45, 7) is 0. The maximum Gasteiger partial charge on any atom is 0.254 e. The second-order valence-electron chi connectivity index (χ2n) is 2.58. The van der Waals surface area contributed by atoms with Crippen LogP contribution in [-0.2, 0) is 0 Å². The van der Waals surface area contributed by atoms with Crippen LogP contribution in [0.25, 0.3) is 0 Å². The molecule has 2 N–H and O–H groups in total. The molecular weight excluding hydrogens is 222 g/mol. The van der Waals surface area contributed by atoms with E-state index in [1.54, 1.807) is 18.2 Å². The summed E-state index contributed by atoms with van der Waals surface area (Å²) in [5, 5.41) is 11.8. The number of aliphatic hydroxyl groups excluding tert-OH is 1. The van der Waals surface area contributed by atoms with Gasteiger partial charge >= 0.3 is 0 Å². The third-order valence-corrected chi connectivity index (χ3v) is 2.53. The number of carbonyl (C=O) groups is 1. The second-order valence-corrected chi connectivity index (χ2v) is 3.43. The van der Waals surface area contributed by atoms with Crippen LogP contribution < -0.4 is 5.32 Å². The molecule has 1 aliphatic heterocycles. The van der Waals surface area contributed by atoms with Crippen LogP contribution in [-0.4, -0.2) is 11.0 Å². The molecule has 2 rings (SSSR count). The summed E-state index contributed by atoms with van der Waals surface area (Å²) >= 11 is 3.26. The predicted molar refractivity (Wildman–Crippen MR) is 46.6 cm³/mol. The highest BCUT2D eigenvalue weighted by atomic mass is 79.9. The van der Waals surface area contributed by atoms with E-state index in [-0.39, 0.29) is 5.91 Å². The number of nitrogens with one attached hydrogen (secondary N) is 1. The molecule has 0 spiro atoms. The van der Waals surface area contributed by atoms with Gasteiger partial charge in [-0.05, 0) is 12.1 Å². The molecule has 0 bridgehead atoms. The van der Waals surface area contributed by atoms with Gasteiger partial charge < -0.3 is 10.4 Å². The Kier molecular flexibility index (Phi) is 1.66. The van der Waals surface area contributed by atoms with Crippen molar-refractivity contribution in [3.05, 3.63) is 33.8 Å². The Labute approximate surface area is 77.5 Å². The van der Waals surface area contributed by atoms with Gasteiger partial charge in [0.15, 0.2) is 6.23 Å². The van der Waals surface area contributed by atoms with E-state index in [0.29, 0.717) is 11.1 Å². The van der Waals surface area contributed by atoms with E-state index in [1.807, 2.05) is 0 Å². The van der Waals surface area contributed by atoms with Gasteiger partial charge in [-0.1, -0.05) is 22.0 Å². The molecule has 1 aliphatic rings. The lowest BCUT2D eigenvalue weighted by Gasteiger charge is -2.03. The Balaban J connectivity index is 2.67. The van der Waals surface area contributed by atoms with Crippen LogP contribution in [0.4, 0.5) is 0 Å². The molecule has 1 atom stereocenters. The zero-order chi connectivity index (χ0) is 8.72. The van der Waals surface area contributed by atoms with Crippen molar-refractivity contribution in [1.29, 1.82) is 0 Å². The molecule has 1 heterocycles. The third kappa shape index (κ3) is 0.956. The Hall–Kier alpha value is -0.870. The molecule has 1 aromatic rings. The highest BCUT2D eigenvalue weighted by Gasteiger charge is 2.28. The normalized spacial score (nSPS) is 20.5. The molecule has 0 aromatic heterocycles. The molecule has 0 radical (unpaired) electrons. The van der Waals surface area contributed by atoms with E-state index in [4.69, 9.17) is 0 Å². The van der Waals surface area contributed by atoms with Crippen LogP contribution in [0.2, 0.25) is 0 Å². The first-order valence-corrected chi connectivity index (χ1v) is 4.27. The fourth-order valence-electron chi connectivity index (χ4n) is 1.29. The lowest BCUT2D eigenvalue weighted by Crippen LogP contribution is -2.18. The Morgan fingerprint density at radius 2 is 2.25 bits per heavy atom. The van der Waals surface area contributed by atoms with Gasteiger partial charge in [0.05, 0.1) is 0 Å². The molecule has 3 nitrogen and oxygen atoms in total. The molecular formula is C8H6BrNO2. The van der Waals surface area contributed by atoms with E-state index >= 15 is 0 Å². The van der Waals surface area contributed by atoms with E-state index in [9.17, 15) is 9.90 Å². The van der Waals surface area contributed by atoms with E-state index in [2.05, 4.69) is 21.2 Å². The zero-order valence-corrected chi connectivity index (χ0v) is 7.63. The highest BCUT2D eigenvalue weighted by molar-refractivity contribution is 9.10. The number of benzene rings is 1. The van der Waals surface area contributed by atoms with Crippen molar-refractivity contribution in [3.63, 3.8) is 0 Å². The summed E-state index contributed by atoms with van der Waals surface area (Å²) in [5.74, 6) is -0.223. The number of hydrogen-bond donors (Lipinski definition) is 2. The smallest absolute Gasteiger partial charge is 0.254 e. The van der Waals surface area contributed by atoms with Crippen molar-refractivity contribution in [2.75, 3.05) is 0 Å². The van der Waals surface area contributed by atoms with Crippen molar-refractivity contribution >= 4 is 21.8 Å². The van der Waals surface area contributed by atoms with Crippen molar-refractivity contribution in [2.45, 2.75) is 6.23 Å². The summed E-state index contributed by atoms with van der Waals surface area (Å²) in [6, 6.07) is 5.24. The van der Waals surface area contributed by atoms with Crippen LogP contribution in [0, 0.1) is 0 Å².